The number of rotatable bonds is 0. The van der Waals surface area contributed by atoms with Crippen molar-refractivity contribution in [3.05, 3.63) is 0 Å². The van der Waals surface area contributed by atoms with Crippen molar-refractivity contribution in [2.45, 2.75) is 6.92 Å². The first-order valence-corrected chi connectivity index (χ1v) is 1.32. The lowest BCUT2D eigenvalue weighted by Gasteiger charge is -1.36. The Balaban J connectivity index is 0. The average molecular weight is 202 g/mol. The molecular formula is C3H4ClI. The Morgan fingerprint density at radius 3 is 1.80 bits per heavy atom. The summed E-state index contributed by atoms with van der Waals surface area (Å²) in [6, 6.07) is 0. The van der Waals surface area contributed by atoms with E-state index < -0.39 is 0 Å². The third-order valence-electron chi connectivity index (χ3n) is 0.0945. The van der Waals surface area contributed by atoms with Gasteiger partial charge in [0.15, 0.2) is 0 Å². The Morgan fingerprint density at radius 2 is 1.80 bits per heavy atom. The fourth-order valence-electron chi connectivity index (χ4n) is 0. The Labute approximate surface area is 53.9 Å². The summed E-state index contributed by atoms with van der Waals surface area (Å²) in [7, 11) is 0. The van der Waals surface area contributed by atoms with Gasteiger partial charge in [-0.1, -0.05) is 5.92 Å². The van der Waals surface area contributed by atoms with Crippen molar-refractivity contribution in [1.82, 2.24) is 0 Å². The molecule has 2 heteroatoms. The van der Waals surface area contributed by atoms with Crippen molar-refractivity contribution in [3.63, 3.8) is 0 Å². The minimum Gasteiger partial charge on any atom is -0.107 e. The minimum atomic E-state index is 0. The van der Waals surface area contributed by atoms with Gasteiger partial charge in [-0.3, -0.25) is 0 Å². The highest BCUT2D eigenvalue weighted by Crippen LogP contribution is 1.56. The quantitative estimate of drug-likeness (QED) is 0.415. The van der Waals surface area contributed by atoms with Gasteiger partial charge in [-0.25, -0.2) is 0 Å². The number of hydrogen-bond donors (Lipinski definition) is 0. The average Bonchev–Trinajstić information content (AvgIpc) is 1.37. The molecule has 0 amide bonds. The summed E-state index contributed by atoms with van der Waals surface area (Å²) in [6.45, 7) is 1.69. The van der Waals surface area contributed by atoms with Crippen LogP contribution >= 0.6 is 35.6 Å². The molecule has 5 heavy (non-hydrogen) atoms. The molecule has 0 unspecified atom stereocenters. The molecule has 0 aromatic rings. The molecule has 0 aliphatic heterocycles. The van der Waals surface area contributed by atoms with E-state index in [1.807, 2.05) is 0 Å². The molecule has 0 aliphatic rings. The third-order valence-corrected chi connectivity index (χ3v) is 0.283. The van der Waals surface area contributed by atoms with Crippen LogP contribution in [0.3, 0.4) is 0 Å². The topological polar surface area (TPSA) is 0 Å². The first kappa shape index (κ1) is 9.13. The van der Waals surface area contributed by atoms with E-state index in [0.717, 1.165) is 0 Å². The zero-order chi connectivity index (χ0) is 3.41. The van der Waals surface area contributed by atoms with Crippen molar-refractivity contribution < 1.29 is 0 Å². The molecule has 30 valence electrons. The van der Waals surface area contributed by atoms with Crippen LogP contribution in [0.4, 0.5) is 0 Å². The molecule has 0 heterocycles. The van der Waals surface area contributed by atoms with Gasteiger partial charge in [-0.15, -0.1) is 24.0 Å². The van der Waals surface area contributed by atoms with Crippen LogP contribution in [0.2, 0.25) is 0 Å². The van der Waals surface area contributed by atoms with Gasteiger partial charge >= 0.3 is 0 Å². The smallest absolute Gasteiger partial charge is 0.00377 e. The van der Waals surface area contributed by atoms with Gasteiger partial charge in [-0.05, 0) is 18.5 Å². The van der Waals surface area contributed by atoms with Crippen LogP contribution < -0.4 is 0 Å². The second-order valence-corrected chi connectivity index (χ2v) is 0.533. The SMILES string of the molecule is CC#CCl.I. The molecule has 0 rings (SSSR count). The van der Waals surface area contributed by atoms with Gasteiger partial charge < -0.3 is 0 Å². The Kier molecular flexibility index (Phi) is 16.1. The van der Waals surface area contributed by atoms with Crippen molar-refractivity contribution in [3.8, 4) is 11.3 Å². The van der Waals surface area contributed by atoms with Crippen LogP contribution in [0, 0.1) is 11.3 Å². The summed E-state index contributed by atoms with van der Waals surface area (Å²) in [5, 5.41) is 2.15. The highest BCUT2D eigenvalue weighted by molar-refractivity contribution is 14.0. The Bertz CT molecular complexity index is 43.6. The summed E-state index contributed by atoms with van der Waals surface area (Å²) in [5.74, 6) is 2.45. The third kappa shape index (κ3) is 12.2. The van der Waals surface area contributed by atoms with E-state index >= 15 is 0 Å². The summed E-state index contributed by atoms with van der Waals surface area (Å²) in [5.41, 5.74) is 0. The fraction of sp³-hybridized carbons (Fsp3) is 0.333. The van der Waals surface area contributed by atoms with Crippen molar-refractivity contribution >= 4 is 35.6 Å². The second kappa shape index (κ2) is 8.82. The maximum Gasteiger partial charge on any atom is 0.00377 e. The summed E-state index contributed by atoms with van der Waals surface area (Å²) in [6.07, 6.45) is 0. The van der Waals surface area contributed by atoms with E-state index in [1.165, 1.54) is 0 Å². The van der Waals surface area contributed by atoms with E-state index in [9.17, 15) is 0 Å². The lowest BCUT2D eigenvalue weighted by Crippen LogP contribution is -1.21. The molecule has 0 radical (unpaired) electrons. The summed E-state index contributed by atoms with van der Waals surface area (Å²) in [4.78, 5) is 0. The fourth-order valence-corrected chi connectivity index (χ4v) is 0. The van der Waals surface area contributed by atoms with E-state index in [4.69, 9.17) is 11.6 Å². The monoisotopic (exact) mass is 202 g/mol. The Hall–Kier alpha value is 0.580. The van der Waals surface area contributed by atoms with Gasteiger partial charge in [0, 0.05) is 5.38 Å². The van der Waals surface area contributed by atoms with Gasteiger partial charge in [0.25, 0.3) is 0 Å². The molecule has 0 nitrogen and oxygen atoms in total. The van der Waals surface area contributed by atoms with Gasteiger partial charge in [0.05, 0.1) is 0 Å². The maximum atomic E-state index is 4.82. The van der Waals surface area contributed by atoms with Crippen molar-refractivity contribution in [1.29, 1.82) is 0 Å². The highest BCUT2D eigenvalue weighted by atomic mass is 127. The maximum absolute atomic E-state index is 4.82. The van der Waals surface area contributed by atoms with E-state index in [2.05, 4.69) is 11.3 Å². The van der Waals surface area contributed by atoms with Crippen LogP contribution in [0.25, 0.3) is 0 Å². The molecule has 0 fully saturated rings. The molecule has 0 aromatic carbocycles. The molecule has 0 saturated carbocycles. The molecule has 0 N–H and O–H groups in total. The highest BCUT2D eigenvalue weighted by Gasteiger charge is 1.30. The summed E-state index contributed by atoms with van der Waals surface area (Å²) >= 11 is 4.82. The zero-order valence-corrected chi connectivity index (χ0v) is 5.87. The molecule has 0 atom stereocenters. The Morgan fingerprint density at radius 1 is 1.60 bits per heavy atom. The van der Waals surface area contributed by atoms with Crippen molar-refractivity contribution in [2.24, 2.45) is 0 Å². The van der Waals surface area contributed by atoms with Crippen LogP contribution in [0.15, 0.2) is 0 Å². The molecular weight excluding hydrogens is 198 g/mol. The largest absolute Gasteiger partial charge is 0.107 e. The molecule has 0 aliphatic carbocycles. The van der Waals surface area contributed by atoms with Crippen LogP contribution in [0.1, 0.15) is 6.92 Å². The standard InChI is InChI=1S/C3H3Cl.HI/c1-2-3-4;/h1H3;1H. The molecule has 0 aromatic heterocycles. The van der Waals surface area contributed by atoms with Crippen molar-refractivity contribution in [2.75, 3.05) is 0 Å². The second-order valence-electron chi connectivity index (χ2n) is 0.344. The summed E-state index contributed by atoms with van der Waals surface area (Å²) < 4.78 is 0. The van der Waals surface area contributed by atoms with Gasteiger partial charge in [0.1, 0.15) is 0 Å². The lowest BCUT2D eigenvalue weighted by atomic mass is 10.9. The number of hydrogen-bond acceptors (Lipinski definition) is 0. The van der Waals surface area contributed by atoms with E-state index in [-0.39, 0.29) is 24.0 Å². The first-order valence-electron chi connectivity index (χ1n) is 0.939. The van der Waals surface area contributed by atoms with Gasteiger partial charge in [-0.2, -0.15) is 0 Å². The number of halogens is 2. The normalized spacial score (nSPS) is 2.80. The van der Waals surface area contributed by atoms with Crippen LogP contribution in [0.5, 0.6) is 0 Å². The molecule has 0 saturated heterocycles. The van der Waals surface area contributed by atoms with E-state index in [0.29, 0.717) is 0 Å². The predicted molar refractivity (Wildman–Crippen MR) is 34.7 cm³/mol. The van der Waals surface area contributed by atoms with E-state index in [1.54, 1.807) is 6.92 Å². The lowest BCUT2D eigenvalue weighted by molar-refractivity contribution is 1.93. The molecule has 0 spiro atoms. The first-order chi connectivity index (χ1) is 1.91. The van der Waals surface area contributed by atoms with Gasteiger partial charge in [0.2, 0.25) is 0 Å². The molecule has 0 bridgehead atoms. The minimum absolute atomic E-state index is 0. The zero-order valence-electron chi connectivity index (χ0n) is 2.79. The van der Waals surface area contributed by atoms with Crippen LogP contribution in [-0.2, 0) is 0 Å². The van der Waals surface area contributed by atoms with Crippen LogP contribution in [-0.4, -0.2) is 0 Å². The predicted octanol–water partition coefficient (Wildman–Crippen LogP) is 1.82.